The first kappa shape index (κ1) is 8.98. The molecule has 0 saturated heterocycles. The molecular weight excluding hydrogens is 146 g/mol. The number of hydrogen-bond acceptors (Lipinski definition) is 1. The molecule has 0 aliphatic heterocycles. The number of rotatable bonds is 2. The molecule has 0 saturated carbocycles. The van der Waals surface area contributed by atoms with Gasteiger partial charge in [-0.25, -0.2) is 0 Å². The van der Waals surface area contributed by atoms with E-state index in [-0.39, 0.29) is 0 Å². The Labute approximate surface area is 73.9 Å². The van der Waals surface area contributed by atoms with Crippen LogP contribution < -0.4 is 0 Å². The van der Waals surface area contributed by atoms with Crippen LogP contribution in [0.1, 0.15) is 37.8 Å². The summed E-state index contributed by atoms with van der Waals surface area (Å²) in [5, 5.41) is 7.57. The molecule has 0 heterocycles. The van der Waals surface area contributed by atoms with Gasteiger partial charge < -0.3 is 5.41 Å². The molecule has 64 valence electrons. The van der Waals surface area contributed by atoms with Gasteiger partial charge in [-0.2, -0.15) is 0 Å². The summed E-state index contributed by atoms with van der Waals surface area (Å²) in [6, 6.07) is 8.12. The Bertz CT molecular complexity index is 287. The number of nitrogens with one attached hydrogen (secondary N) is 1. The van der Waals surface area contributed by atoms with E-state index in [4.69, 9.17) is 5.41 Å². The first-order valence-electron chi connectivity index (χ1n) is 4.27. The number of benzene rings is 1. The van der Waals surface area contributed by atoms with Crippen LogP contribution in [0.4, 0.5) is 0 Å². The maximum absolute atomic E-state index is 7.57. The standard InChI is InChI=1S/C11H15N/c1-8(2)10-6-4-5-7-11(10)9(3)12/h4-8,12H,1-3H3. The lowest BCUT2D eigenvalue weighted by Gasteiger charge is -2.10. The fourth-order valence-electron chi connectivity index (χ4n) is 1.34. The van der Waals surface area contributed by atoms with Crippen LogP contribution in [-0.4, -0.2) is 5.71 Å². The summed E-state index contributed by atoms with van der Waals surface area (Å²) >= 11 is 0. The van der Waals surface area contributed by atoms with Gasteiger partial charge in [0.05, 0.1) is 0 Å². The highest BCUT2D eigenvalue weighted by molar-refractivity contribution is 5.97. The van der Waals surface area contributed by atoms with E-state index in [1.165, 1.54) is 5.56 Å². The van der Waals surface area contributed by atoms with Crippen molar-refractivity contribution in [1.29, 1.82) is 5.41 Å². The summed E-state index contributed by atoms with van der Waals surface area (Å²) in [6.07, 6.45) is 0. The first-order valence-corrected chi connectivity index (χ1v) is 4.27. The summed E-state index contributed by atoms with van der Waals surface area (Å²) < 4.78 is 0. The molecule has 0 radical (unpaired) electrons. The van der Waals surface area contributed by atoms with Crippen molar-refractivity contribution in [2.24, 2.45) is 0 Å². The largest absolute Gasteiger partial charge is 0.305 e. The fourth-order valence-corrected chi connectivity index (χ4v) is 1.34. The van der Waals surface area contributed by atoms with Crippen LogP contribution >= 0.6 is 0 Å². The normalized spacial score (nSPS) is 10.3. The Morgan fingerprint density at radius 3 is 2.25 bits per heavy atom. The van der Waals surface area contributed by atoms with Crippen LogP contribution in [0.3, 0.4) is 0 Å². The molecule has 1 aromatic carbocycles. The van der Waals surface area contributed by atoms with E-state index < -0.39 is 0 Å². The van der Waals surface area contributed by atoms with Gasteiger partial charge in [0.25, 0.3) is 0 Å². The van der Waals surface area contributed by atoms with E-state index in [0.29, 0.717) is 11.6 Å². The van der Waals surface area contributed by atoms with E-state index in [1.807, 2.05) is 25.1 Å². The molecule has 12 heavy (non-hydrogen) atoms. The highest BCUT2D eigenvalue weighted by Crippen LogP contribution is 2.19. The highest BCUT2D eigenvalue weighted by Gasteiger charge is 2.05. The molecule has 0 unspecified atom stereocenters. The lowest BCUT2D eigenvalue weighted by Crippen LogP contribution is -2.00. The van der Waals surface area contributed by atoms with E-state index in [2.05, 4.69) is 19.9 Å². The van der Waals surface area contributed by atoms with E-state index in [0.717, 1.165) is 5.56 Å². The van der Waals surface area contributed by atoms with Gasteiger partial charge in [0.2, 0.25) is 0 Å². The first-order chi connectivity index (χ1) is 5.63. The lowest BCUT2D eigenvalue weighted by molar-refractivity contribution is 0.863. The average molecular weight is 161 g/mol. The second-order valence-electron chi connectivity index (χ2n) is 3.37. The maximum Gasteiger partial charge on any atom is 0.0358 e. The predicted octanol–water partition coefficient (Wildman–Crippen LogP) is 3.20. The average Bonchev–Trinajstić information content (AvgIpc) is 2.04. The molecule has 1 rings (SSSR count). The fraction of sp³-hybridized carbons (Fsp3) is 0.364. The zero-order valence-corrected chi connectivity index (χ0v) is 7.89. The van der Waals surface area contributed by atoms with Gasteiger partial charge in [-0.15, -0.1) is 0 Å². The monoisotopic (exact) mass is 161 g/mol. The summed E-state index contributed by atoms with van der Waals surface area (Å²) in [7, 11) is 0. The van der Waals surface area contributed by atoms with Gasteiger partial charge in [-0.05, 0) is 24.0 Å². The van der Waals surface area contributed by atoms with Crippen LogP contribution in [0.25, 0.3) is 0 Å². The van der Waals surface area contributed by atoms with Crippen molar-refractivity contribution in [1.82, 2.24) is 0 Å². The number of hydrogen-bond donors (Lipinski definition) is 1. The quantitative estimate of drug-likeness (QED) is 0.644. The third-order valence-corrected chi connectivity index (χ3v) is 1.99. The van der Waals surface area contributed by atoms with Crippen molar-refractivity contribution in [3.05, 3.63) is 35.4 Å². The van der Waals surface area contributed by atoms with Crippen LogP contribution in [-0.2, 0) is 0 Å². The lowest BCUT2D eigenvalue weighted by atomic mass is 9.95. The molecule has 1 heteroatoms. The molecule has 0 bridgehead atoms. The Morgan fingerprint density at radius 1 is 1.25 bits per heavy atom. The van der Waals surface area contributed by atoms with Gasteiger partial charge >= 0.3 is 0 Å². The van der Waals surface area contributed by atoms with E-state index >= 15 is 0 Å². The minimum Gasteiger partial charge on any atom is -0.305 e. The van der Waals surface area contributed by atoms with Gasteiger partial charge in [0.15, 0.2) is 0 Å². The third kappa shape index (κ3) is 1.73. The maximum atomic E-state index is 7.57. The second-order valence-corrected chi connectivity index (χ2v) is 3.37. The van der Waals surface area contributed by atoms with Crippen molar-refractivity contribution >= 4 is 5.71 Å². The minimum absolute atomic E-state index is 0.501. The van der Waals surface area contributed by atoms with Crippen LogP contribution in [0.15, 0.2) is 24.3 Å². The zero-order valence-electron chi connectivity index (χ0n) is 7.89. The topological polar surface area (TPSA) is 23.9 Å². The molecule has 1 aromatic rings. The summed E-state index contributed by atoms with van der Waals surface area (Å²) in [5.74, 6) is 0.501. The molecule has 0 fully saturated rings. The Hall–Kier alpha value is -1.11. The van der Waals surface area contributed by atoms with Gasteiger partial charge in [0, 0.05) is 5.71 Å². The van der Waals surface area contributed by atoms with Crippen molar-refractivity contribution in [2.75, 3.05) is 0 Å². The molecule has 0 spiro atoms. The van der Waals surface area contributed by atoms with E-state index in [1.54, 1.807) is 0 Å². The Kier molecular flexibility index (Phi) is 2.64. The second kappa shape index (κ2) is 3.53. The molecule has 0 aliphatic carbocycles. The van der Waals surface area contributed by atoms with Crippen LogP contribution in [0.2, 0.25) is 0 Å². The van der Waals surface area contributed by atoms with Crippen molar-refractivity contribution in [3.63, 3.8) is 0 Å². The Morgan fingerprint density at radius 2 is 1.83 bits per heavy atom. The molecule has 0 aliphatic rings. The van der Waals surface area contributed by atoms with Crippen molar-refractivity contribution in [2.45, 2.75) is 26.7 Å². The van der Waals surface area contributed by atoms with Crippen molar-refractivity contribution < 1.29 is 0 Å². The van der Waals surface area contributed by atoms with Crippen molar-refractivity contribution in [3.8, 4) is 0 Å². The predicted molar refractivity (Wildman–Crippen MR) is 53.0 cm³/mol. The molecule has 0 aromatic heterocycles. The Balaban J connectivity index is 3.17. The molecule has 1 N–H and O–H groups in total. The van der Waals surface area contributed by atoms with Gasteiger partial charge in [-0.1, -0.05) is 38.1 Å². The molecular formula is C11H15N. The zero-order chi connectivity index (χ0) is 9.14. The smallest absolute Gasteiger partial charge is 0.0358 e. The van der Waals surface area contributed by atoms with Gasteiger partial charge in [0.1, 0.15) is 0 Å². The van der Waals surface area contributed by atoms with E-state index in [9.17, 15) is 0 Å². The molecule has 1 nitrogen and oxygen atoms in total. The molecule has 0 atom stereocenters. The minimum atomic E-state index is 0.501. The SMILES string of the molecule is CC(=N)c1ccccc1C(C)C. The summed E-state index contributed by atoms with van der Waals surface area (Å²) in [4.78, 5) is 0. The van der Waals surface area contributed by atoms with Gasteiger partial charge in [-0.3, -0.25) is 0 Å². The highest BCUT2D eigenvalue weighted by atomic mass is 14.4. The summed E-state index contributed by atoms with van der Waals surface area (Å²) in [6.45, 7) is 6.14. The third-order valence-electron chi connectivity index (χ3n) is 1.99. The molecule has 0 amide bonds. The van der Waals surface area contributed by atoms with Crippen LogP contribution in [0.5, 0.6) is 0 Å². The summed E-state index contributed by atoms with van der Waals surface area (Å²) in [5.41, 5.74) is 3.00. The van der Waals surface area contributed by atoms with Crippen LogP contribution in [0, 0.1) is 5.41 Å².